The summed E-state index contributed by atoms with van der Waals surface area (Å²) in [6.07, 6.45) is 6.22. The third kappa shape index (κ3) is 4.54. The molecule has 5 heteroatoms. The topological polar surface area (TPSA) is 28.6 Å². The minimum atomic E-state index is -2.55. The van der Waals surface area contributed by atoms with Crippen molar-refractivity contribution in [2.75, 3.05) is 16.5 Å². The van der Waals surface area contributed by atoms with E-state index in [1.54, 1.807) is 0 Å². The van der Waals surface area contributed by atoms with E-state index in [1.165, 1.54) is 43.1 Å². The molecule has 0 N–H and O–H groups in total. The van der Waals surface area contributed by atoms with Crippen molar-refractivity contribution in [1.29, 1.82) is 0 Å². The molecule has 0 amide bonds. The van der Waals surface area contributed by atoms with Crippen molar-refractivity contribution < 1.29 is 4.74 Å². The van der Waals surface area contributed by atoms with E-state index >= 15 is 0 Å². The molecule has 8 rings (SSSR count). The summed E-state index contributed by atoms with van der Waals surface area (Å²) in [6.45, 7) is 7.29. The van der Waals surface area contributed by atoms with Gasteiger partial charge in [-0.3, -0.25) is 4.98 Å². The summed E-state index contributed by atoms with van der Waals surface area (Å²) in [4.78, 5) is 9.55. The summed E-state index contributed by atoms with van der Waals surface area (Å²) in [5.74, 6) is 1.61. The molecule has 0 radical (unpaired) electrons. The number of nitrogens with zero attached hydrogens (tertiary/aromatic N) is 3. The Hall–Kier alpha value is -5.39. The van der Waals surface area contributed by atoms with Crippen molar-refractivity contribution in [3.63, 3.8) is 0 Å². The summed E-state index contributed by atoms with van der Waals surface area (Å²) < 4.78 is 6.58. The zero-order valence-electron chi connectivity index (χ0n) is 26.3. The van der Waals surface area contributed by atoms with Gasteiger partial charge in [0.1, 0.15) is 11.5 Å². The molecule has 6 aromatic rings. The van der Waals surface area contributed by atoms with Crippen LogP contribution in [0.4, 0.5) is 11.4 Å². The van der Waals surface area contributed by atoms with Crippen molar-refractivity contribution in [3.8, 4) is 22.8 Å². The molecule has 46 heavy (non-hydrogen) atoms. The van der Waals surface area contributed by atoms with Crippen LogP contribution in [0.25, 0.3) is 11.3 Å². The van der Waals surface area contributed by atoms with E-state index in [-0.39, 0.29) is 0 Å². The van der Waals surface area contributed by atoms with E-state index in [0.29, 0.717) is 0 Å². The van der Waals surface area contributed by atoms with E-state index in [0.717, 1.165) is 35.1 Å². The molecule has 0 bridgehead atoms. The van der Waals surface area contributed by atoms with Crippen LogP contribution in [0.2, 0.25) is 0 Å². The first-order valence-electron chi connectivity index (χ1n) is 15.8. The predicted molar refractivity (Wildman–Crippen MR) is 193 cm³/mol. The molecule has 0 saturated carbocycles. The van der Waals surface area contributed by atoms with Crippen molar-refractivity contribution in [1.82, 2.24) is 4.98 Å². The van der Waals surface area contributed by atoms with Gasteiger partial charge in [-0.05, 0) is 83.0 Å². The van der Waals surface area contributed by atoms with E-state index < -0.39 is 8.07 Å². The van der Waals surface area contributed by atoms with Crippen LogP contribution in [0.15, 0.2) is 146 Å². The normalized spacial score (nSPS) is 14.3. The molecule has 3 heterocycles. The molecule has 2 aliphatic rings. The summed E-state index contributed by atoms with van der Waals surface area (Å²) in [5.41, 5.74) is 8.45. The first-order chi connectivity index (χ1) is 22.5. The summed E-state index contributed by atoms with van der Waals surface area (Å²) in [6, 6.07) is 45.8. The number of benzene rings is 5. The molecule has 5 aromatic carbocycles. The van der Waals surface area contributed by atoms with Crippen LogP contribution < -0.4 is 35.3 Å². The number of aryl methyl sites for hydroxylation is 3. The van der Waals surface area contributed by atoms with E-state index in [2.05, 4.69) is 164 Å². The van der Waals surface area contributed by atoms with Gasteiger partial charge in [-0.25, -0.2) is 0 Å². The monoisotopic (exact) mass is 613 g/mol. The second-order valence-electron chi connectivity index (χ2n) is 12.3. The van der Waals surface area contributed by atoms with Crippen LogP contribution in [0, 0.1) is 20.8 Å². The van der Waals surface area contributed by atoms with E-state index in [1.807, 2.05) is 12.3 Å². The number of hydrogen-bond acceptors (Lipinski definition) is 4. The second-order valence-corrected chi connectivity index (χ2v) is 16.0. The highest BCUT2D eigenvalue weighted by molar-refractivity contribution is 7.22. The SMILES string of the molecule is Cc1cc(C)c(N2C=CN(c3cccc(Oc4ccc5c(c4)-c4ncccc4[Si]5(c4ccccc4)c4ccccc4)c3)C2)c(C)c1. The van der Waals surface area contributed by atoms with Gasteiger partial charge in [0.15, 0.2) is 8.07 Å². The quantitative estimate of drug-likeness (QED) is 0.191. The van der Waals surface area contributed by atoms with Gasteiger partial charge in [0, 0.05) is 41.6 Å². The Balaban J connectivity index is 1.13. The highest BCUT2D eigenvalue weighted by Crippen LogP contribution is 2.34. The van der Waals surface area contributed by atoms with Gasteiger partial charge in [-0.2, -0.15) is 0 Å². The second kappa shape index (κ2) is 11.2. The summed E-state index contributed by atoms with van der Waals surface area (Å²) in [7, 11) is -2.55. The smallest absolute Gasteiger partial charge is 0.182 e. The molecule has 4 nitrogen and oxygen atoms in total. The Morgan fingerprint density at radius 3 is 2.00 bits per heavy atom. The average molecular weight is 614 g/mol. The van der Waals surface area contributed by atoms with Gasteiger partial charge in [0.2, 0.25) is 0 Å². The van der Waals surface area contributed by atoms with Crippen molar-refractivity contribution in [2.24, 2.45) is 0 Å². The number of aromatic nitrogens is 1. The van der Waals surface area contributed by atoms with Gasteiger partial charge < -0.3 is 14.5 Å². The van der Waals surface area contributed by atoms with Gasteiger partial charge in [-0.15, -0.1) is 0 Å². The lowest BCUT2D eigenvalue weighted by Crippen LogP contribution is -2.72. The van der Waals surface area contributed by atoms with Gasteiger partial charge in [-0.1, -0.05) is 96.6 Å². The molecule has 2 aliphatic heterocycles. The maximum atomic E-state index is 6.58. The number of ether oxygens (including phenoxy) is 1. The first kappa shape index (κ1) is 28.1. The van der Waals surface area contributed by atoms with Gasteiger partial charge >= 0.3 is 0 Å². The number of anilines is 2. The summed E-state index contributed by atoms with van der Waals surface area (Å²) >= 11 is 0. The Labute approximate surface area is 271 Å². The summed E-state index contributed by atoms with van der Waals surface area (Å²) in [5, 5.41) is 5.40. The molecular formula is C41H35N3OSi. The number of fused-ring (bicyclic) bond motifs is 3. The first-order valence-corrected chi connectivity index (χ1v) is 17.8. The molecule has 0 atom stereocenters. The maximum Gasteiger partial charge on any atom is 0.182 e. The van der Waals surface area contributed by atoms with Gasteiger partial charge in [0.05, 0.1) is 12.4 Å². The number of hydrogen-bond donors (Lipinski definition) is 0. The Kier molecular flexibility index (Phi) is 6.84. The van der Waals surface area contributed by atoms with E-state index in [4.69, 9.17) is 9.72 Å². The maximum absolute atomic E-state index is 6.58. The number of pyridine rings is 1. The van der Waals surface area contributed by atoms with Gasteiger partial charge in [0.25, 0.3) is 0 Å². The largest absolute Gasteiger partial charge is 0.457 e. The van der Waals surface area contributed by atoms with Crippen LogP contribution in [0.3, 0.4) is 0 Å². The van der Waals surface area contributed by atoms with Crippen LogP contribution in [-0.4, -0.2) is 19.7 Å². The average Bonchev–Trinajstić information content (AvgIpc) is 3.67. The Bertz CT molecular complexity index is 2050. The molecule has 0 spiro atoms. The zero-order chi connectivity index (χ0) is 31.3. The Morgan fingerprint density at radius 1 is 0.609 bits per heavy atom. The number of rotatable bonds is 6. The molecule has 0 aliphatic carbocycles. The molecule has 0 unspecified atom stereocenters. The van der Waals surface area contributed by atoms with Crippen molar-refractivity contribution in [3.05, 3.63) is 163 Å². The molecule has 224 valence electrons. The van der Waals surface area contributed by atoms with Crippen molar-refractivity contribution in [2.45, 2.75) is 20.8 Å². The third-order valence-corrected chi connectivity index (χ3v) is 14.2. The molecule has 0 fully saturated rings. The minimum absolute atomic E-state index is 0.751. The third-order valence-electron chi connectivity index (χ3n) is 9.31. The Morgan fingerprint density at radius 2 is 1.28 bits per heavy atom. The lowest BCUT2D eigenvalue weighted by Gasteiger charge is -2.31. The predicted octanol–water partition coefficient (Wildman–Crippen LogP) is 6.91. The minimum Gasteiger partial charge on any atom is -0.457 e. The van der Waals surface area contributed by atoms with Crippen molar-refractivity contribution >= 4 is 40.2 Å². The fourth-order valence-electron chi connectivity index (χ4n) is 7.56. The molecule has 1 aromatic heterocycles. The highest BCUT2D eigenvalue weighted by atomic mass is 28.3. The lowest BCUT2D eigenvalue weighted by atomic mass is 10.0. The lowest BCUT2D eigenvalue weighted by molar-refractivity contribution is 0.483. The van der Waals surface area contributed by atoms with E-state index in [9.17, 15) is 0 Å². The molecular weight excluding hydrogens is 579 g/mol. The van der Waals surface area contributed by atoms with Crippen LogP contribution in [0.5, 0.6) is 11.5 Å². The van der Waals surface area contributed by atoms with Crippen LogP contribution in [-0.2, 0) is 0 Å². The van der Waals surface area contributed by atoms with Crippen LogP contribution >= 0.6 is 0 Å². The zero-order valence-corrected chi connectivity index (χ0v) is 27.3. The fourth-order valence-corrected chi connectivity index (χ4v) is 12.6. The highest BCUT2D eigenvalue weighted by Gasteiger charge is 2.49. The van der Waals surface area contributed by atoms with Crippen LogP contribution in [0.1, 0.15) is 16.7 Å². The fraction of sp³-hybridized carbons (Fsp3) is 0.0976. The molecule has 0 saturated heterocycles. The standard InChI is InChI=1S/C41H35N3OSi/c1-29-24-30(2)41(31(3)25-29)44-23-22-43(28-44)32-12-10-13-33(26-32)45-34-19-20-38-37(27-34)40-39(18-11-21-42-40)46(38,35-14-6-4-7-15-35)36-16-8-5-9-17-36/h4-27H,28H2,1-3H3.